The molecule has 0 aromatic rings. The Bertz CT molecular complexity index is 357. The van der Waals surface area contributed by atoms with E-state index in [4.69, 9.17) is 20.4 Å². The molecule has 0 heterocycles. The molecular formula is C28H62NO3P. The first kappa shape index (κ1) is 35.4. The summed E-state index contributed by atoms with van der Waals surface area (Å²) in [6.45, 7) is 11.7. The Hall–Kier alpha value is 0.270. The van der Waals surface area contributed by atoms with Crippen LogP contribution in [0.3, 0.4) is 0 Å². The highest BCUT2D eigenvalue weighted by atomic mass is 31.2. The lowest BCUT2D eigenvalue weighted by atomic mass is 9.82. The van der Waals surface area contributed by atoms with Gasteiger partial charge in [-0.05, 0) is 31.1 Å². The van der Waals surface area contributed by atoms with E-state index in [1.807, 2.05) is 0 Å². The van der Waals surface area contributed by atoms with Crippen LogP contribution in [-0.2, 0) is 0 Å². The summed E-state index contributed by atoms with van der Waals surface area (Å²) in [5, 5.41) is 0. The molecular weight excluding hydrogens is 429 g/mol. The molecule has 0 fully saturated rings. The van der Waals surface area contributed by atoms with Gasteiger partial charge in [-0.15, -0.1) is 0 Å². The summed E-state index contributed by atoms with van der Waals surface area (Å²) in [5.74, 6) is 1.70. The van der Waals surface area contributed by atoms with E-state index >= 15 is 0 Å². The predicted molar refractivity (Wildman–Crippen MR) is 148 cm³/mol. The molecule has 5 heteroatoms. The summed E-state index contributed by atoms with van der Waals surface area (Å²) < 4.78 is 0. The first-order chi connectivity index (χ1) is 15.6. The van der Waals surface area contributed by atoms with E-state index < -0.39 is 8.60 Å². The lowest BCUT2D eigenvalue weighted by Gasteiger charge is -2.30. The van der Waals surface area contributed by atoms with Crippen molar-refractivity contribution in [1.29, 1.82) is 0 Å². The summed E-state index contributed by atoms with van der Waals surface area (Å²) in [5.41, 5.74) is 7.10. The van der Waals surface area contributed by atoms with Crippen LogP contribution in [0.1, 0.15) is 163 Å². The van der Waals surface area contributed by atoms with Gasteiger partial charge in [-0.1, -0.05) is 144 Å². The van der Waals surface area contributed by atoms with Gasteiger partial charge in [0, 0.05) is 5.54 Å². The Morgan fingerprint density at radius 3 is 1.12 bits per heavy atom. The minimum atomic E-state index is -2.62. The van der Waals surface area contributed by atoms with Crippen molar-refractivity contribution in [2.75, 3.05) is 0 Å². The number of rotatable bonds is 22. The molecule has 0 amide bonds. The van der Waals surface area contributed by atoms with Crippen molar-refractivity contribution in [2.24, 2.45) is 17.6 Å². The molecule has 0 unspecified atom stereocenters. The minimum Gasteiger partial charge on any atom is -0.328 e. The second-order valence-corrected chi connectivity index (χ2v) is 11.7. The van der Waals surface area contributed by atoms with Crippen molar-refractivity contribution in [1.82, 2.24) is 0 Å². The Balaban J connectivity index is 0. The maximum atomic E-state index is 7.23. The topological polar surface area (TPSA) is 86.7 Å². The van der Waals surface area contributed by atoms with Crippen LogP contribution in [0.15, 0.2) is 0 Å². The van der Waals surface area contributed by atoms with Crippen molar-refractivity contribution in [3.05, 3.63) is 0 Å². The van der Waals surface area contributed by atoms with Crippen molar-refractivity contribution >= 4 is 8.60 Å². The second-order valence-electron chi connectivity index (χ2n) is 11.2. The van der Waals surface area contributed by atoms with E-state index in [0.29, 0.717) is 0 Å². The third kappa shape index (κ3) is 32.3. The van der Waals surface area contributed by atoms with Gasteiger partial charge in [-0.3, -0.25) is 0 Å². The van der Waals surface area contributed by atoms with E-state index in [1.54, 1.807) is 0 Å². The molecule has 0 rings (SSSR count). The molecule has 0 aliphatic rings. The highest BCUT2D eigenvalue weighted by Crippen LogP contribution is 2.27. The maximum Gasteiger partial charge on any atom is 0.324 e. The summed E-state index contributed by atoms with van der Waals surface area (Å²) in [7, 11) is -2.62. The summed E-state index contributed by atoms with van der Waals surface area (Å²) >= 11 is 0. The zero-order chi connectivity index (χ0) is 25.4. The van der Waals surface area contributed by atoms with Crippen LogP contribution < -0.4 is 5.73 Å². The molecule has 0 bridgehead atoms. The van der Waals surface area contributed by atoms with Crippen molar-refractivity contribution < 1.29 is 14.7 Å². The Morgan fingerprint density at radius 1 is 0.545 bits per heavy atom. The van der Waals surface area contributed by atoms with Crippen molar-refractivity contribution in [2.45, 2.75) is 169 Å². The van der Waals surface area contributed by atoms with Gasteiger partial charge in [0.15, 0.2) is 0 Å². The van der Waals surface area contributed by atoms with E-state index in [9.17, 15) is 0 Å². The van der Waals surface area contributed by atoms with Crippen molar-refractivity contribution in [3.63, 3.8) is 0 Å². The smallest absolute Gasteiger partial charge is 0.324 e. The lowest BCUT2D eigenvalue weighted by molar-refractivity contribution is 0.301. The van der Waals surface area contributed by atoms with Gasteiger partial charge in [0.1, 0.15) is 0 Å². The molecule has 202 valence electrons. The van der Waals surface area contributed by atoms with Crippen LogP contribution in [0.4, 0.5) is 0 Å². The standard InChI is InChI=1S/C28H59N.H3O3P/c1-6-7-8-9-10-11-12-13-18-23-28(29,24-19-14-16-21-26(2)3)25-20-15-17-22-27(4)5;1-4(2)3/h26-27H,6-25,29H2,1-5H3;1-3H. The van der Waals surface area contributed by atoms with Gasteiger partial charge in [0.05, 0.1) is 0 Å². The van der Waals surface area contributed by atoms with E-state index in [1.165, 1.54) is 128 Å². The number of hydrogen-bond acceptors (Lipinski definition) is 4. The number of hydrogen-bond donors (Lipinski definition) is 4. The van der Waals surface area contributed by atoms with Gasteiger partial charge in [-0.2, -0.15) is 0 Å². The number of nitrogens with two attached hydrogens (primary N) is 1. The Labute approximate surface area is 209 Å². The molecule has 0 spiro atoms. The number of unbranched alkanes of at least 4 members (excludes halogenated alkanes) is 12. The quantitative estimate of drug-likeness (QED) is 0.0898. The molecule has 0 atom stereocenters. The fourth-order valence-electron chi connectivity index (χ4n) is 4.58. The largest absolute Gasteiger partial charge is 0.328 e. The molecule has 5 N–H and O–H groups in total. The Morgan fingerprint density at radius 2 is 0.818 bits per heavy atom. The lowest BCUT2D eigenvalue weighted by Crippen LogP contribution is -2.39. The minimum absolute atomic E-state index is 0.122. The van der Waals surface area contributed by atoms with Gasteiger partial charge in [0.2, 0.25) is 0 Å². The zero-order valence-electron chi connectivity index (χ0n) is 23.2. The molecule has 33 heavy (non-hydrogen) atoms. The molecule has 0 aromatic heterocycles. The van der Waals surface area contributed by atoms with Gasteiger partial charge < -0.3 is 20.4 Å². The molecule has 0 radical (unpaired) electrons. The first-order valence-electron chi connectivity index (χ1n) is 14.3. The zero-order valence-corrected chi connectivity index (χ0v) is 24.1. The van der Waals surface area contributed by atoms with Gasteiger partial charge >= 0.3 is 8.60 Å². The fraction of sp³-hybridized carbons (Fsp3) is 1.00. The average molecular weight is 492 g/mol. The molecule has 0 aliphatic carbocycles. The van der Waals surface area contributed by atoms with Crippen LogP contribution in [0.25, 0.3) is 0 Å². The van der Waals surface area contributed by atoms with E-state index in [-0.39, 0.29) is 5.54 Å². The van der Waals surface area contributed by atoms with Crippen LogP contribution in [-0.4, -0.2) is 20.2 Å². The van der Waals surface area contributed by atoms with Crippen LogP contribution in [0.5, 0.6) is 0 Å². The molecule has 4 nitrogen and oxygen atoms in total. The average Bonchev–Trinajstić information content (AvgIpc) is 2.71. The third-order valence-electron chi connectivity index (χ3n) is 6.69. The highest BCUT2D eigenvalue weighted by Gasteiger charge is 2.23. The fourth-order valence-corrected chi connectivity index (χ4v) is 4.58. The summed E-state index contributed by atoms with van der Waals surface area (Å²) in [4.78, 5) is 21.7. The predicted octanol–water partition coefficient (Wildman–Crippen LogP) is 9.01. The maximum absolute atomic E-state index is 7.23. The van der Waals surface area contributed by atoms with Crippen LogP contribution >= 0.6 is 8.60 Å². The molecule has 0 saturated carbocycles. The summed E-state index contributed by atoms with van der Waals surface area (Å²) in [6.07, 6.45) is 27.5. The van der Waals surface area contributed by atoms with Gasteiger partial charge in [-0.25, -0.2) is 0 Å². The van der Waals surface area contributed by atoms with Crippen molar-refractivity contribution in [3.8, 4) is 0 Å². The summed E-state index contributed by atoms with van der Waals surface area (Å²) in [6, 6.07) is 0. The van der Waals surface area contributed by atoms with Crippen LogP contribution in [0, 0.1) is 11.8 Å². The van der Waals surface area contributed by atoms with E-state index in [0.717, 1.165) is 11.8 Å². The Kier molecular flexibility index (Phi) is 27.2. The second kappa shape index (κ2) is 25.4. The molecule has 0 saturated heterocycles. The monoisotopic (exact) mass is 491 g/mol. The highest BCUT2D eigenvalue weighted by molar-refractivity contribution is 7.38. The first-order valence-corrected chi connectivity index (χ1v) is 15.5. The third-order valence-corrected chi connectivity index (χ3v) is 6.69. The molecule has 0 aliphatic heterocycles. The SMILES string of the molecule is CCCCCCCCCCCC(N)(CCCCCC(C)C)CCCCCC(C)C.OP(O)O. The normalized spacial score (nSPS) is 12.0. The van der Waals surface area contributed by atoms with Gasteiger partial charge in [0.25, 0.3) is 0 Å². The van der Waals surface area contributed by atoms with Crippen LogP contribution in [0.2, 0.25) is 0 Å². The van der Waals surface area contributed by atoms with E-state index in [2.05, 4.69) is 34.6 Å². The molecule has 0 aromatic carbocycles.